The number of carbonyl (C=O) groups is 1. The van der Waals surface area contributed by atoms with E-state index in [0.717, 1.165) is 11.3 Å². The van der Waals surface area contributed by atoms with Crippen molar-refractivity contribution in [3.63, 3.8) is 0 Å². The molecule has 1 heterocycles. The molecule has 2 aromatic rings. The minimum atomic E-state index is -1.11. The van der Waals surface area contributed by atoms with Crippen molar-refractivity contribution in [3.05, 3.63) is 46.2 Å². The second-order valence-corrected chi connectivity index (χ2v) is 4.52. The van der Waals surface area contributed by atoms with Gasteiger partial charge in [0.2, 0.25) is 0 Å². The number of aliphatic hydroxyl groups is 1. The van der Waals surface area contributed by atoms with Crippen molar-refractivity contribution in [1.29, 1.82) is 0 Å². The molecule has 0 bridgehead atoms. The largest absolute Gasteiger partial charge is 0.476 e. The summed E-state index contributed by atoms with van der Waals surface area (Å²) in [4.78, 5) is 11.1. The zero-order valence-corrected chi connectivity index (χ0v) is 11.1. The molecular formula is C13H13ClN2O3. The van der Waals surface area contributed by atoms with Crippen molar-refractivity contribution in [2.45, 2.75) is 13.3 Å². The van der Waals surface area contributed by atoms with Crippen LogP contribution in [-0.2, 0) is 6.42 Å². The molecule has 0 aliphatic rings. The number of rotatable bonds is 4. The highest BCUT2D eigenvalue weighted by Crippen LogP contribution is 2.22. The van der Waals surface area contributed by atoms with Gasteiger partial charge in [0.05, 0.1) is 5.69 Å². The molecule has 5 nitrogen and oxygen atoms in total. The van der Waals surface area contributed by atoms with Crippen LogP contribution in [0.3, 0.4) is 0 Å². The van der Waals surface area contributed by atoms with Crippen molar-refractivity contribution < 1.29 is 15.0 Å². The summed E-state index contributed by atoms with van der Waals surface area (Å²) >= 11 is 6.04. The van der Waals surface area contributed by atoms with Crippen LogP contribution in [0.15, 0.2) is 24.4 Å². The van der Waals surface area contributed by atoms with Gasteiger partial charge in [-0.2, -0.15) is 5.10 Å². The lowest BCUT2D eigenvalue weighted by Crippen LogP contribution is -2.04. The standard InChI is InChI=1S/C13H13ClN2O3/c1-8-10(14)3-2-4-11(8)16-7-9(5-6-17)12(15-16)13(18)19/h2-4,7,17H,5-6H2,1H3,(H,18,19). The Balaban J connectivity index is 2.54. The van der Waals surface area contributed by atoms with E-state index in [4.69, 9.17) is 21.8 Å². The number of carboxylic acids is 1. The molecule has 0 aliphatic carbocycles. The number of hydrogen-bond donors (Lipinski definition) is 2. The van der Waals surface area contributed by atoms with Crippen LogP contribution in [0.4, 0.5) is 0 Å². The normalized spacial score (nSPS) is 10.7. The Bertz CT molecular complexity index is 622. The Kier molecular flexibility index (Phi) is 3.87. The zero-order chi connectivity index (χ0) is 14.0. The lowest BCUT2D eigenvalue weighted by molar-refractivity contribution is 0.0688. The fourth-order valence-corrected chi connectivity index (χ4v) is 2.03. The summed E-state index contributed by atoms with van der Waals surface area (Å²) in [6, 6.07) is 5.34. The molecule has 0 atom stereocenters. The number of aliphatic hydroxyl groups excluding tert-OH is 1. The molecule has 100 valence electrons. The Morgan fingerprint density at radius 1 is 1.47 bits per heavy atom. The van der Waals surface area contributed by atoms with Gasteiger partial charge in [-0.3, -0.25) is 0 Å². The van der Waals surface area contributed by atoms with Crippen molar-refractivity contribution >= 4 is 17.6 Å². The van der Waals surface area contributed by atoms with Crippen molar-refractivity contribution in [2.75, 3.05) is 6.61 Å². The lowest BCUT2D eigenvalue weighted by Gasteiger charge is -2.06. The molecule has 19 heavy (non-hydrogen) atoms. The summed E-state index contributed by atoms with van der Waals surface area (Å²) in [5.74, 6) is -1.11. The van der Waals surface area contributed by atoms with E-state index in [0.29, 0.717) is 10.6 Å². The third-order valence-electron chi connectivity index (χ3n) is 2.86. The van der Waals surface area contributed by atoms with E-state index in [1.807, 2.05) is 13.0 Å². The van der Waals surface area contributed by atoms with Crippen LogP contribution in [0.1, 0.15) is 21.6 Å². The van der Waals surface area contributed by atoms with Gasteiger partial charge in [-0.25, -0.2) is 9.48 Å². The third kappa shape index (κ3) is 2.62. The summed E-state index contributed by atoms with van der Waals surface area (Å²) in [7, 11) is 0. The second kappa shape index (κ2) is 5.42. The second-order valence-electron chi connectivity index (χ2n) is 4.11. The van der Waals surface area contributed by atoms with Crippen LogP contribution >= 0.6 is 11.6 Å². The Labute approximate surface area is 115 Å². The smallest absolute Gasteiger partial charge is 0.356 e. The molecule has 0 amide bonds. The maximum atomic E-state index is 11.1. The van der Waals surface area contributed by atoms with Crippen LogP contribution in [0, 0.1) is 6.92 Å². The fraction of sp³-hybridized carbons (Fsp3) is 0.231. The average Bonchev–Trinajstić information content (AvgIpc) is 2.77. The lowest BCUT2D eigenvalue weighted by atomic mass is 10.2. The van der Waals surface area contributed by atoms with Gasteiger partial charge >= 0.3 is 5.97 Å². The molecule has 0 radical (unpaired) electrons. The topological polar surface area (TPSA) is 75.4 Å². The predicted octanol–water partition coefficient (Wildman–Crippen LogP) is 2.07. The van der Waals surface area contributed by atoms with Crippen molar-refractivity contribution in [3.8, 4) is 5.69 Å². The molecule has 0 saturated heterocycles. The summed E-state index contributed by atoms with van der Waals surface area (Å²) in [5, 5.41) is 22.7. The van der Waals surface area contributed by atoms with E-state index in [1.165, 1.54) is 4.68 Å². The fourth-order valence-electron chi connectivity index (χ4n) is 1.86. The van der Waals surface area contributed by atoms with Gasteiger partial charge in [0.1, 0.15) is 0 Å². The van der Waals surface area contributed by atoms with Gasteiger partial charge in [0, 0.05) is 23.4 Å². The van der Waals surface area contributed by atoms with E-state index >= 15 is 0 Å². The molecule has 0 saturated carbocycles. The molecule has 2 N–H and O–H groups in total. The predicted molar refractivity (Wildman–Crippen MR) is 71.1 cm³/mol. The van der Waals surface area contributed by atoms with E-state index in [-0.39, 0.29) is 18.7 Å². The summed E-state index contributed by atoms with van der Waals surface area (Å²) in [6.07, 6.45) is 1.86. The van der Waals surface area contributed by atoms with Gasteiger partial charge in [0.15, 0.2) is 5.69 Å². The van der Waals surface area contributed by atoms with Gasteiger partial charge in [-0.05, 0) is 31.0 Å². The first-order valence-electron chi connectivity index (χ1n) is 5.72. The van der Waals surface area contributed by atoms with Crippen LogP contribution in [0.2, 0.25) is 5.02 Å². The molecule has 0 spiro atoms. The highest BCUT2D eigenvalue weighted by Gasteiger charge is 2.17. The monoisotopic (exact) mass is 280 g/mol. The highest BCUT2D eigenvalue weighted by atomic mass is 35.5. The highest BCUT2D eigenvalue weighted by molar-refractivity contribution is 6.31. The van der Waals surface area contributed by atoms with E-state index in [9.17, 15) is 4.79 Å². The summed E-state index contributed by atoms with van der Waals surface area (Å²) in [6.45, 7) is 1.71. The molecule has 1 aromatic heterocycles. The van der Waals surface area contributed by atoms with Gasteiger partial charge in [0.25, 0.3) is 0 Å². The molecule has 0 unspecified atom stereocenters. The summed E-state index contributed by atoms with van der Waals surface area (Å²) in [5.41, 5.74) is 1.99. The molecule has 0 aliphatic heterocycles. The van der Waals surface area contributed by atoms with Crippen LogP contribution < -0.4 is 0 Å². The van der Waals surface area contributed by atoms with Gasteiger partial charge in [-0.1, -0.05) is 17.7 Å². The zero-order valence-electron chi connectivity index (χ0n) is 10.3. The van der Waals surface area contributed by atoms with Crippen molar-refractivity contribution in [2.24, 2.45) is 0 Å². The Morgan fingerprint density at radius 3 is 2.84 bits per heavy atom. The van der Waals surface area contributed by atoms with Crippen LogP contribution in [-0.4, -0.2) is 32.6 Å². The quantitative estimate of drug-likeness (QED) is 0.899. The molecular weight excluding hydrogens is 268 g/mol. The summed E-state index contributed by atoms with van der Waals surface area (Å²) < 4.78 is 1.48. The minimum absolute atomic E-state index is 0.0478. The maximum absolute atomic E-state index is 11.1. The number of hydrogen-bond acceptors (Lipinski definition) is 3. The minimum Gasteiger partial charge on any atom is -0.476 e. The van der Waals surface area contributed by atoms with E-state index < -0.39 is 5.97 Å². The van der Waals surface area contributed by atoms with E-state index in [1.54, 1.807) is 18.3 Å². The average molecular weight is 281 g/mol. The van der Waals surface area contributed by atoms with Gasteiger partial charge < -0.3 is 10.2 Å². The third-order valence-corrected chi connectivity index (χ3v) is 3.27. The van der Waals surface area contributed by atoms with Gasteiger partial charge in [-0.15, -0.1) is 0 Å². The number of benzene rings is 1. The van der Waals surface area contributed by atoms with Crippen molar-refractivity contribution in [1.82, 2.24) is 9.78 Å². The number of carboxylic acid groups (broad SMARTS) is 1. The van der Waals surface area contributed by atoms with Crippen LogP contribution in [0.25, 0.3) is 5.69 Å². The first-order valence-corrected chi connectivity index (χ1v) is 6.10. The Hall–Kier alpha value is -1.85. The number of nitrogens with zero attached hydrogens (tertiary/aromatic N) is 2. The first-order chi connectivity index (χ1) is 9.04. The molecule has 1 aromatic carbocycles. The maximum Gasteiger partial charge on any atom is 0.356 e. The molecule has 0 fully saturated rings. The Morgan fingerprint density at radius 2 is 2.21 bits per heavy atom. The number of aromatic nitrogens is 2. The molecule has 2 rings (SSSR count). The SMILES string of the molecule is Cc1c(Cl)cccc1-n1cc(CCO)c(C(=O)O)n1. The number of aromatic carboxylic acids is 1. The number of halogens is 1. The first kappa shape index (κ1) is 13.6. The molecule has 6 heteroatoms. The van der Waals surface area contributed by atoms with Crippen LogP contribution in [0.5, 0.6) is 0 Å². The van der Waals surface area contributed by atoms with E-state index in [2.05, 4.69) is 5.10 Å².